The number of fused-ring (bicyclic) bond motifs is 1. The van der Waals surface area contributed by atoms with Crippen molar-refractivity contribution < 1.29 is 22.7 Å². The summed E-state index contributed by atoms with van der Waals surface area (Å²) in [6, 6.07) is 21.4. The highest BCUT2D eigenvalue weighted by molar-refractivity contribution is 5.95. The lowest BCUT2D eigenvalue weighted by molar-refractivity contribution is -0.137. The molecular weight excluding hydrogens is 479 g/mol. The molecule has 1 aromatic heterocycles. The number of para-hydroxylation sites is 1. The number of anilines is 1. The van der Waals surface area contributed by atoms with Gasteiger partial charge in [-0.25, -0.2) is 4.98 Å². The molecule has 5 nitrogen and oxygen atoms in total. The average Bonchev–Trinajstić information content (AvgIpc) is 2.89. The summed E-state index contributed by atoms with van der Waals surface area (Å²) in [6.45, 7) is 1.85. The summed E-state index contributed by atoms with van der Waals surface area (Å²) in [6.07, 6.45) is -2.35. The van der Waals surface area contributed by atoms with Crippen LogP contribution in [-0.2, 0) is 17.4 Å². The molecule has 4 aromatic rings. The maximum Gasteiger partial charge on any atom is 0.416 e. The zero-order valence-electron chi connectivity index (χ0n) is 20.0. The molecule has 3 aromatic carbocycles. The van der Waals surface area contributed by atoms with Gasteiger partial charge in [-0.15, -0.1) is 0 Å². The minimum absolute atomic E-state index is 0.0652. The Labute approximate surface area is 212 Å². The van der Waals surface area contributed by atoms with E-state index in [0.29, 0.717) is 33.8 Å². The number of carbonyl (C=O) groups excluding carboxylic acids is 1. The topological polar surface area (TPSA) is 63.2 Å². The number of nitrogens with zero attached hydrogens (tertiary/aromatic N) is 1. The predicted octanol–water partition coefficient (Wildman–Crippen LogP) is 6.23. The number of rotatable bonds is 6. The molecule has 1 fully saturated rings. The minimum atomic E-state index is -4.44. The number of aromatic nitrogens is 1. The summed E-state index contributed by atoms with van der Waals surface area (Å²) in [4.78, 5) is 17.6. The third-order valence-electron chi connectivity index (χ3n) is 6.35. The molecule has 1 aliphatic rings. The summed E-state index contributed by atoms with van der Waals surface area (Å²) in [5.74, 6) is 0.486. The monoisotopic (exact) mass is 505 g/mol. The van der Waals surface area contributed by atoms with Gasteiger partial charge in [-0.05, 0) is 61.8 Å². The second-order valence-electron chi connectivity index (χ2n) is 9.08. The molecule has 1 aliphatic heterocycles. The van der Waals surface area contributed by atoms with E-state index in [1.807, 2.05) is 36.4 Å². The van der Waals surface area contributed by atoms with Crippen molar-refractivity contribution in [3.8, 4) is 17.0 Å². The number of halogens is 3. The molecule has 5 rings (SSSR count). The number of benzene rings is 3. The van der Waals surface area contributed by atoms with Gasteiger partial charge in [0.05, 0.1) is 23.2 Å². The van der Waals surface area contributed by atoms with Crippen molar-refractivity contribution in [2.75, 3.05) is 18.4 Å². The fraction of sp³-hybridized carbons (Fsp3) is 0.241. The number of hydrogen-bond acceptors (Lipinski definition) is 4. The maximum absolute atomic E-state index is 13.2. The molecule has 2 N–H and O–H groups in total. The van der Waals surface area contributed by atoms with E-state index in [-0.39, 0.29) is 18.4 Å². The van der Waals surface area contributed by atoms with Crippen LogP contribution in [0.15, 0.2) is 78.9 Å². The van der Waals surface area contributed by atoms with Crippen LogP contribution in [-0.4, -0.2) is 30.1 Å². The lowest BCUT2D eigenvalue weighted by Crippen LogP contribution is -2.34. The molecule has 1 amide bonds. The van der Waals surface area contributed by atoms with Crippen LogP contribution in [0.25, 0.3) is 22.2 Å². The van der Waals surface area contributed by atoms with Crippen LogP contribution in [0.2, 0.25) is 0 Å². The highest BCUT2D eigenvalue weighted by Crippen LogP contribution is 2.32. The Morgan fingerprint density at radius 3 is 2.57 bits per heavy atom. The Balaban J connectivity index is 1.34. The van der Waals surface area contributed by atoms with Gasteiger partial charge in [0.25, 0.3) is 0 Å². The second-order valence-corrected chi connectivity index (χ2v) is 9.08. The van der Waals surface area contributed by atoms with E-state index in [4.69, 9.17) is 4.74 Å². The third kappa shape index (κ3) is 6.09. The van der Waals surface area contributed by atoms with Crippen molar-refractivity contribution in [2.45, 2.75) is 31.5 Å². The van der Waals surface area contributed by atoms with Gasteiger partial charge in [-0.3, -0.25) is 4.79 Å². The SMILES string of the molecule is O=C(Cc1cccc2ccc(-c3cccc(C(F)(F)F)c3)nc12)Nc1cccc(OC2CCNCC2)c1. The minimum Gasteiger partial charge on any atom is -0.490 e. The average molecular weight is 506 g/mol. The first-order valence-corrected chi connectivity index (χ1v) is 12.2. The van der Waals surface area contributed by atoms with Gasteiger partial charge in [-0.1, -0.05) is 42.5 Å². The standard InChI is InChI=1S/C29H26F3N3O2/c30-29(31,32)22-7-2-5-20(16-22)26-11-10-19-4-1-6-21(28(19)35-26)17-27(36)34-23-8-3-9-25(18-23)37-24-12-14-33-15-13-24/h1-11,16,18,24,33H,12-15,17H2,(H,34,36). The maximum atomic E-state index is 13.2. The van der Waals surface area contributed by atoms with Crippen LogP contribution < -0.4 is 15.4 Å². The number of carbonyl (C=O) groups is 1. The largest absolute Gasteiger partial charge is 0.490 e. The van der Waals surface area contributed by atoms with Crippen molar-refractivity contribution in [3.63, 3.8) is 0 Å². The van der Waals surface area contributed by atoms with Crippen LogP contribution in [0.4, 0.5) is 18.9 Å². The number of ether oxygens (including phenoxy) is 1. The number of nitrogens with one attached hydrogen (secondary N) is 2. The van der Waals surface area contributed by atoms with Crippen LogP contribution in [0.3, 0.4) is 0 Å². The van der Waals surface area contributed by atoms with Crippen molar-refractivity contribution >= 4 is 22.5 Å². The Morgan fingerprint density at radius 1 is 0.973 bits per heavy atom. The summed E-state index contributed by atoms with van der Waals surface area (Å²) in [5.41, 5.74) is 1.94. The molecule has 37 heavy (non-hydrogen) atoms. The van der Waals surface area contributed by atoms with Gasteiger partial charge < -0.3 is 15.4 Å². The molecule has 190 valence electrons. The molecule has 0 radical (unpaired) electrons. The molecule has 0 saturated carbocycles. The van der Waals surface area contributed by atoms with Gasteiger partial charge in [-0.2, -0.15) is 13.2 Å². The normalized spacial score (nSPS) is 14.5. The zero-order chi connectivity index (χ0) is 25.8. The highest BCUT2D eigenvalue weighted by Gasteiger charge is 2.30. The first-order valence-electron chi connectivity index (χ1n) is 12.2. The zero-order valence-corrected chi connectivity index (χ0v) is 20.0. The van der Waals surface area contributed by atoms with E-state index in [0.717, 1.165) is 43.5 Å². The van der Waals surface area contributed by atoms with E-state index in [1.54, 1.807) is 24.3 Å². The third-order valence-corrected chi connectivity index (χ3v) is 6.35. The molecular formula is C29H26F3N3O2. The van der Waals surface area contributed by atoms with E-state index >= 15 is 0 Å². The van der Waals surface area contributed by atoms with Gasteiger partial charge in [0.2, 0.25) is 5.91 Å². The lowest BCUT2D eigenvalue weighted by Gasteiger charge is -2.24. The lowest BCUT2D eigenvalue weighted by atomic mass is 10.0. The Hall–Kier alpha value is -3.91. The van der Waals surface area contributed by atoms with Crippen LogP contribution in [0.5, 0.6) is 5.75 Å². The summed E-state index contributed by atoms with van der Waals surface area (Å²) in [7, 11) is 0. The summed E-state index contributed by atoms with van der Waals surface area (Å²) in [5, 5.41) is 7.03. The van der Waals surface area contributed by atoms with Crippen LogP contribution in [0, 0.1) is 0 Å². The second kappa shape index (κ2) is 10.6. The molecule has 1 saturated heterocycles. The highest BCUT2D eigenvalue weighted by atomic mass is 19.4. The summed E-state index contributed by atoms with van der Waals surface area (Å²) >= 11 is 0. The number of piperidine rings is 1. The number of alkyl halides is 3. The van der Waals surface area contributed by atoms with E-state index in [2.05, 4.69) is 15.6 Å². The molecule has 0 bridgehead atoms. The fourth-order valence-electron chi connectivity index (χ4n) is 4.50. The molecule has 8 heteroatoms. The molecule has 0 spiro atoms. The first-order chi connectivity index (χ1) is 17.8. The molecule has 2 heterocycles. The van der Waals surface area contributed by atoms with Gasteiger partial charge >= 0.3 is 6.18 Å². The van der Waals surface area contributed by atoms with Crippen LogP contribution in [0.1, 0.15) is 24.0 Å². The van der Waals surface area contributed by atoms with Crippen LogP contribution >= 0.6 is 0 Å². The van der Waals surface area contributed by atoms with Crippen molar-refractivity contribution in [1.29, 1.82) is 0 Å². The molecule has 0 unspecified atom stereocenters. The smallest absolute Gasteiger partial charge is 0.416 e. The first kappa shape index (κ1) is 24.8. The Kier molecular flexibility index (Phi) is 7.10. The van der Waals surface area contributed by atoms with Crippen molar-refractivity contribution in [3.05, 3.63) is 90.0 Å². The number of hydrogen-bond donors (Lipinski definition) is 2. The van der Waals surface area contributed by atoms with Gasteiger partial charge in [0, 0.05) is 22.7 Å². The van der Waals surface area contributed by atoms with Gasteiger partial charge in [0.1, 0.15) is 11.9 Å². The quantitative estimate of drug-likeness (QED) is 0.326. The predicted molar refractivity (Wildman–Crippen MR) is 137 cm³/mol. The fourth-order valence-corrected chi connectivity index (χ4v) is 4.50. The molecule has 0 aliphatic carbocycles. The number of amides is 1. The number of pyridine rings is 1. The van der Waals surface area contributed by atoms with Gasteiger partial charge in [0.15, 0.2) is 0 Å². The van der Waals surface area contributed by atoms with E-state index in [1.165, 1.54) is 6.07 Å². The Morgan fingerprint density at radius 2 is 1.76 bits per heavy atom. The summed E-state index contributed by atoms with van der Waals surface area (Å²) < 4.78 is 45.6. The van der Waals surface area contributed by atoms with Crippen molar-refractivity contribution in [1.82, 2.24) is 10.3 Å². The Bertz CT molecular complexity index is 1420. The van der Waals surface area contributed by atoms with Crippen molar-refractivity contribution in [2.24, 2.45) is 0 Å². The van der Waals surface area contributed by atoms with E-state index < -0.39 is 11.7 Å². The van der Waals surface area contributed by atoms with E-state index in [9.17, 15) is 18.0 Å². The molecule has 0 atom stereocenters.